The van der Waals surface area contributed by atoms with Crippen molar-refractivity contribution in [3.63, 3.8) is 0 Å². The number of ether oxygens (including phenoxy) is 1. The Kier molecular flexibility index (Phi) is 6.62. The molecule has 1 unspecified atom stereocenters. The third kappa shape index (κ3) is 4.41. The van der Waals surface area contributed by atoms with E-state index in [4.69, 9.17) is 4.74 Å². The molecule has 1 atom stereocenters. The maximum atomic E-state index is 5.62. The summed E-state index contributed by atoms with van der Waals surface area (Å²) in [6, 6.07) is 7.63. The van der Waals surface area contributed by atoms with Gasteiger partial charge in [-0.3, -0.25) is 4.90 Å². The molecule has 4 rings (SSSR count). The smallest absolute Gasteiger partial charge is 0.122 e. The van der Waals surface area contributed by atoms with Gasteiger partial charge in [-0.15, -0.1) is 0 Å². The Hall–Kier alpha value is -1.06. The summed E-state index contributed by atoms with van der Waals surface area (Å²) in [5.41, 5.74) is 3.06. The molecule has 0 amide bonds. The number of hydrogen-bond acceptors (Lipinski definition) is 2. The fraction of sp³-hybridized carbons (Fsp3) is 0.760. The van der Waals surface area contributed by atoms with Crippen molar-refractivity contribution in [2.75, 3.05) is 46.9 Å². The van der Waals surface area contributed by atoms with Crippen LogP contribution >= 0.6 is 0 Å². The summed E-state index contributed by atoms with van der Waals surface area (Å²) >= 11 is 0. The molecule has 0 N–H and O–H groups in total. The van der Waals surface area contributed by atoms with Gasteiger partial charge in [0.25, 0.3) is 0 Å². The maximum absolute atomic E-state index is 5.62. The molecule has 0 bridgehead atoms. The summed E-state index contributed by atoms with van der Waals surface area (Å²) in [7, 11) is 4.36. The Morgan fingerprint density at radius 3 is 2.57 bits per heavy atom. The zero-order chi connectivity index (χ0) is 19.4. The standard InChI is InChI=1S/C25H41N2O/c1-27(22-11-4-3-5-12-22)19-17-26(18-20-27)16-8-10-21-9-6-14-24-23(21)13-7-15-25(24)28-2/h7,13,15,21-22H,3-6,8-12,14,16-20H2,1-2H3/q+1. The minimum absolute atomic E-state index is 0.743. The molecule has 1 aromatic rings. The molecule has 2 fully saturated rings. The first-order chi connectivity index (χ1) is 13.7. The highest BCUT2D eigenvalue weighted by Gasteiger charge is 2.36. The first kappa shape index (κ1) is 20.2. The Balaban J connectivity index is 1.25. The lowest BCUT2D eigenvalue weighted by atomic mass is 9.80. The van der Waals surface area contributed by atoms with Gasteiger partial charge in [0.05, 0.1) is 33.3 Å². The van der Waals surface area contributed by atoms with Crippen molar-refractivity contribution < 1.29 is 9.22 Å². The van der Waals surface area contributed by atoms with E-state index < -0.39 is 0 Å². The highest BCUT2D eigenvalue weighted by Crippen LogP contribution is 2.39. The fourth-order valence-corrected chi connectivity index (χ4v) is 6.22. The third-order valence-electron chi connectivity index (χ3n) is 8.15. The van der Waals surface area contributed by atoms with Crippen molar-refractivity contribution in [3.8, 4) is 5.75 Å². The summed E-state index contributed by atoms with van der Waals surface area (Å²) in [4.78, 5) is 2.75. The van der Waals surface area contributed by atoms with Gasteiger partial charge in [-0.25, -0.2) is 0 Å². The molecule has 3 aliphatic rings. The Bertz CT molecular complexity index is 629. The predicted molar refractivity (Wildman–Crippen MR) is 117 cm³/mol. The Morgan fingerprint density at radius 1 is 1.04 bits per heavy atom. The van der Waals surface area contributed by atoms with Crippen LogP contribution in [0.15, 0.2) is 18.2 Å². The van der Waals surface area contributed by atoms with Crippen LogP contribution in [0.4, 0.5) is 0 Å². The van der Waals surface area contributed by atoms with Crippen LogP contribution in [0.5, 0.6) is 5.75 Å². The quantitative estimate of drug-likeness (QED) is 0.640. The van der Waals surface area contributed by atoms with Gasteiger partial charge in [0, 0.05) is 13.1 Å². The number of nitrogens with zero attached hydrogens (tertiary/aromatic N) is 2. The molecule has 1 saturated carbocycles. The highest BCUT2D eigenvalue weighted by atomic mass is 16.5. The molecule has 2 aliphatic carbocycles. The van der Waals surface area contributed by atoms with Crippen molar-refractivity contribution in [3.05, 3.63) is 29.3 Å². The summed E-state index contributed by atoms with van der Waals surface area (Å²) < 4.78 is 6.97. The van der Waals surface area contributed by atoms with Crippen LogP contribution in [0.3, 0.4) is 0 Å². The molecule has 1 saturated heterocycles. The molecule has 3 heteroatoms. The minimum atomic E-state index is 0.743. The number of rotatable bonds is 6. The van der Waals surface area contributed by atoms with E-state index in [1.807, 2.05) is 7.11 Å². The fourth-order valence-electron chi connectivity index (χ4n) is 6.22. The van der Waals surface area contributed by atoms with Gasteiger partial charge in [-0.05, 0) is 87.4 Å². The van der Waals surface area contributed by atoms with Crippen LogP contribution in [0, 0.1) is 0 Å². The molecule has 0 aromatic heterocycles. The molecular formula is C25H41N2O+. The second-order valence-corrected chi connectivity index (χ2v) is 9.82. The summed E-state index contributed by atoms with van der Waals surface area (Å²) in [5, 5.41) is 0. The lowest BCUT2D eigenvalue weighted by molar-refractivity contribution is -0.938. The van der Waals surface area contributed by atoms with Crippen molar-refractivity contribution in [1.82, 2.24) is 4.90 Å². The summed E-state index contributed by atoms with van der Waals surface area (Å²) in [6.45, 7) is 6.65. The van der Waals surface area contributed by atoms with E-state index in [1.54, 1.807) is 5.56 Å². The average molecular weight is 386 g/mol. The monoisotopic (exact) mass is 385 g/mol. The van der Waals surface area contributed by atoms with Crippen LogP contribution in [0.1, 0.15) is 74.8 Å². The zero-order valence-corrected chi connectivity index (χ0v) is 18.3. The van der Waals surface area contributed by atoms with Crippen LogP contribution in [-0.2, 0) is 6.42 Å². The predicted octanol–water partition coefficient (Wildman–Crippen LogP) is 4.99. The van der Waals surface area contributed by atoms with E-state index in [2.05, 4.69) is 30.1 Å². The third-order valence-corrected chi connectivity index (χ3v) is 8.15. The number of piperazine rings is 1. The number of fused-ring (bicyclic) bond motifs is 1. The number of likely N-dealkylation sites (N-methyl/N-ethyl adjacent to an activating group) is 1. The van der Waals surface area contributed by atoms with E-state index in [0.717, 1.165) is 17.7 Å². The molecule has 1 aliphatic heterocycles. The summed E-state index contributed by atoms with van der Waals surface area (Å²) in [6.07, 6.45) is 13.9. The largest absolute Gasteiger partial charge is 0.496 e. The Labute approximate surface area is 172 Å². The number of hydrogen-bond donors (Lipinski definition) is 0. The molecule has 3 nitrogen and oxygen atoms in total. The Morgan fingerprint density at radius 2 is 1.82 bits per heavy atom. The topological polar surface area (TPSA) is 12.5 Å². The van der Waals surface area contributed by atoms with E-state index in [9.17, 15) is 0 Å². The molecule has 1 heterocycles. The van der Waals surface area contributed by atoms with Gasteiger partial charge in [0.2, 0.25) is 0 Å². The molecule has 28 heavy (non-hydrogen) atoms. The lowest BCUT2D eigenvalue weighted by Crippen LogP contribution is -2.62. The zero-order valence-electron chi connectivity index (χ0n) is 18.3. The van der Waals surface area contributed by atoms with Gasteiger partial charge in [0.15, 0.2) is 0 Å². The van der Waals surface area contributed by atoms with Crippen molar-refractivity contribution in [2.24, 2.45) is 0 Å². The second-order valence-electron chi connectivity index (χ2n) is 9.82. The molecule has 0 radical (unpaired) electrons. The second kappa shape index (κ2) is 9.17. The highest BCUT2D eigenvalue weighted by molar-refractivity contribution is 5.43. The SMILES string of the molecule is COc1cccc2c1CCCC2CCCN1CC[N+](C)(C2CCCCC2)CC1. The number of quaternary nitrogens is 1. The van der Waals surface area contributed by atoms with E-state index >= 15 is 0 Å². The van der Waals surface area contributed by atoms with Crippen LogP contribution < -0.4 is 4.74 Å². The molecule has 156 valence electrons. The number of methoxy groups -OCH3 is 1. The van der Waals surface area contributed by atoms with Crippen molar-refractivity contribution in [2.45, 2.75) is 76.2 Å². The van der Waals surface area contributed by atoms with Gasteiger partial charge in [-0.1, -0.05) is 18.6 Å². The number of benzene rings is 1. The van der Waals surface area contributed by atoms with Gasteiger partial charge < -0.3 is 9.22 Å². The normalized spacial score (nSPS) is 26.0. The molecule has 1 aromatic carbocycles. The van der Waals surface area contributed by atoms with Crippen molar-refractivity contribution >= 4 is 0 Å². The average Bonchev–Trinajstić information content (AvgIpc) is 2.75. The van der Waals surface area contributed by atoms with Crippen LogP contribution in [0.25, 0.3) is 0 Å². The molecular weight excluding hydrogens is 344 g/mol. The van der Waals surface area contributed by atoms with E-state index in [-0.39, 0.29) is 0 Å². The lowest BCUT2D eigenvalue weighted by Gasteiger charge is -2.48. The summed E-state index contributed by atoms with van der Waals surface area (Å²) in [5.74, 6) is 1.85. The van der Waals surface area contributed by atoms with E-state index in [0.29, 0.717) is 0 Å². The first-order valence-corrected chi connectivity index (χ1v) is 11.9. The van der Waals surface area contributed by atoms with Crippen LogP contribution in [-0.4, -0.2) is 62.3 Å². The minimum Gasteiger partial charge on any atom is -0.496 e. The van der Waals surface area contributed by atoms with Crippen LogP contribution in [0.2, 0.25) is 0 Å². The van der Waals surface area contributed by atoms with Gasteiger partial charge in [-0.2, -0.15) is 0 Å². The van der Waals surface area contributed by atoms with Gasteiger partial charge in [0.1, 0.15) is 5.75 Å². The van der Waals surface area contributed by atoms with Gasteiger partial charge >= 0.3 is 0 Å². The molecule has 0 spiro atoms. The van der Waals surface area contributed by atoms with E-state index in [1.165, 1.54) is 107 Å². The first-order valence-electron chi connectivity index (χ1n) is 11.9. The van der Waals surface area contributed by atoms with Crippen molar-refractivity contribution in [1.29, 1.82) is 0 Å². The maximum Gasteiger partial charge on any atom is 0.122 e.